The van der Waals surface area contributed by atoms with E-state index in [1.165, 1.54) is 18.3 Å². The molecule has 4 rings (SSSR count). The number of hydrogen-bond donors (Lipinski definition) is 4. The Morgan fingerprint density at radius 3 is 2.56 bits per heavy atom. The molecule has 0 aliphatic carbocycles. The van der Waals surface area contributed by atoms with Gasteiger partial charge in [0, 0.05) is 37.2 Å². The number of aliphatic hydroxyl groups is 1. The van der Waals surface area contributed by atoms with Crippen molar-refractivity contribution in [2.24, 2.45) is 5.73 Å². The first-order valence-electron chi connectivity index (χ1n) is 12.8. The van der Waals surface area contributed by atoms with Crippen molar-refractivity contribution in [2.45, 2.75) is 50.9 Å². The smallest absolute Gasteiger partial charge is 0.424 e. The number of aliphatic hydroxyl groups excluding tert-OH is 1. The number of nitrogens with two attached hydrogens (primary N) is 1. The van der Waals surface area contributed by atoms with E-state index >= 15 is 0 Å². The Balaban J connectivity index is 1.69. The van der Waals surface area contributed by atoms with Gasteiger partial charge in [0.25, 0.3) is 0 Å². The molecule has 0 saturated carbocycles. The fourth-order valence-corrected chi connectivity index (χ4v) is 5.59. The topological polar surface area (TPSA) is 143 Å². The lowest BCUT2D eigenvalue weighted by molar-refractivity contribution is -0.787. The van der Waals surface area contributed by atoms with Crippen molar-refractivity contribution < 1.29 is 29.1 Å². The maximum absolute atomic E-state index is 14.2. The number of hydrogen-bond acceptors (Lipinski definition) is 6. The number of carbonyl (C=O) groups is 3. The second-order valence-electron chi connectivity index (χ2n) is 9.81. The Morgan fingerprint density at radius 2 is 1.92 bits per heavy atom. The molecule has 2 heterocycles. The van der Waals surface area contributed by atoms with Gasteiger partial charge in [0.05, 0.1) is 23.7 Å². The lowest BCUT2D eigenvalue weighted by atomic mass is 9.87. The predicted molar refractivity (Wildman–Crippen MR) is 146 cm³/mol. The highest BCUT2D eigenvalue weighted by molar-refractivity contribution is 6.30. The third kappa shape index (κ3) is 5.72. The first-order valence-corrected chi connectivity index (χ1v) is 13.2. The minimum atomic E-state index is -1.67. The van der Waals surface area contributed by atoms with Crippen LogP contribution in [-0.4, -0.2) is 56.3 Å². The van der Waals surface area contributed by atoms with Crippen LogP contribution in [0.1, 0.15) is 58.4 Å². The van der Waals surface area contributed by atoms with E-state index < -0.39 is 34.4 Å². The highest BCUT2D eigenvalue weighted by Crippen LogP contribution is 2.35. The Morgan fingerprint density at radius 1 is 1.13 bits per heavy atom. The molecule has 1 fully saturated rings. The summed E-state index contributed by atoms with van der Waals surface area (Å²) in [6.07, 6.45) is 1.12. The number of halogens is 1. The van der Waals surface area contributed by atoms with E-state index in [2.05, 4.69) is 10.3 Å². The molecule has 1 aliphatic rings. The van der Waals surface area contributed by atoms with Crippen molar-refractivity contribution in [1.82, 2.24) is 10.3 Å². The third-order valence-corrected chi connectivity index (χ3v) is 7.76. The van der Waals surface area contributed by atoms with Crippen LogP contribution in [-0.2, 0) is 17.9 Å². The van der Waals surface area contributed by atoms with E-state index in [0.717, 1.165) is 11.1 Å². The number of quaternary nitrogens is 1. The summed E-state index contributed by atoms with van der Waals surface area (Å²) in [5.74, 6) is -2.78. The Bertz CT molecular complexity index is 1370. The standard InChI is InChI=1S/C29H31ClN4O5/c1-18-6-5-13-34(18,29(39)33-17-22-15-23(30)11-10-21(22)16-31)27(36)26(35)25(24-9-2-3-12-32-24)19-7-4-8-20(14-19)28(37)38/h2-4,7-12,14-15,18,25-26,35H,5-6,13,16-17,31H2,1H3,(H-,33,37,38,39)/p+1/t18-,25-,26-,34?/m1/s1. The molecule has 5 N–H and O–H groups in total. The first-order chi connectivity index (χ1) is 18.7. The Kier molecular flexibility index (Phi) is 8.76. The van der Waals surface area contributed by atoms with Gasteiger partial charge in [-0.1, -0.05) is 35.9 Å². The molecular weight excluding hydrogens is 520 g/mol. The number of imide groups is 1. The van der Waals surface area contributed by atoms with Crippen molar-refractivity contribution in [1.29, 1.82) is 0 Å². The summed E-state index contributed by atoms with van der Waals surface area (Å²) < 4.78 is -0.582. The van der Waals surface area contributed by atoms with Crippen LogP contribution < -0.4 is 11.1 Å². The van der Waals surface area contributed by atoms with Crippen LogP contribution in [0, 0.1) is 0 Å². The number of urea groups is 1. The Hall–Kier alpha value is -3.63. The number of carbonyl (C=O) groups excluding carboxylic acids is 2. The summed E-state index contributed by atoms with van der Waals surface area (Å²) in [7, 11) is 0. The molecule has 3 aromatic rings. The molecule has 39 heavy (non-hydrogen) atoms. The van der Waals surface area contributed by atoms with E-state index in [9.17, 15) is 24.6 Å². The van der Waals surface area contributed by atoms with E-state index in [4.69, 9.17) is 17.3 Å². The highest BCUT2D eigenvalue weighted by atomic mass is 35.5. The quantitative estimate of drug-likeness (QED) is 0.312. The van der Waals surface area contributed by atoms with Crippen LogP contribution in [0.25, 0.3) is 0 Å². The van der Waals surface area contributed by atoms with E-state index in [-0.39, 0.29) is 31.2 Å². The van der Waals surface area contributed by atoms with Crippen molar-refractivity contribution in [3.8, 4) is 0 Å². The second-order valence-corrected chi connectivity index (χ2v) is 10.2. The summed E-state index contributed by atoms with van der Waals surface area (Å²) in [4.78, 5) is 44.0. The van der Waals surface area contributed by atoms with Gasteiger partial charge in [-0.3, -0.25) is 4.98 Å². The van der Waals surface area contributed by atoms with Gasteiger partial charge >= 0.3 is 17.9 Å². The number of rotatable bonds is 8. The maximum Gasteiger partial charge on any atom is 0.424 e. The number of benzene rings is 2. The van der Waals surface area contributed by atoms with Crippen LogP contribution in [0.15, 0.2) is 66.9 Å². The van der Waals surface area contributed by atoms with E-state index in [1.807, 2.05) is 6.92 Å². The van der Waals surface area contributed by atoms with Crippen LogP contribution in [0.5, 0.6) is 0 Å². The third-order valence-electron chi connectivity index (χ3n) is 7.53. The fourth-order valence-electron chi connectivity index (χ4n) is 5.39. The number of nitrogens with zero attached hydrogens (tertiary/aromatic N) is 2. The zero-order valence-corrected chi connectivity index (χ0v) is 22.3. The molecule has 2 aromatic carbocycles. The normalized spacial score (nSPS) is 20.3. The minimum absolute atomic E-state index is 0.0153. The van der Waals surface area contributed by atoms with Gasteiger partial charge < -0.3 is 21.3 Å². The number of aromatic carboxylic acids is 1. The summed E-state index contributed by atoms with van der Waals surface area (Å²) >= 11 is 6.15. The first kappa shape index (κ1) is 28.4. The predicted octanol–water partition coefficient (Wildman–Crippen LogP) is 3.82. The van der Waals surface area contributed by atoms with Crippen LogP contribution in [0.4, 0.5) is 4.79 Å². The van der Waals surface area contributed by atoms with Crippen LogP contribution in [0.3, 0.4) is 0 Å². The molecule has 1 saturated heterocycles. The lowest BCUT2D eigenvalue weighted by Crippen LogP contribution is -2.65. The molecule has 10 heteroatoms. The van der Waals surface area contributed by atoms with Crippen molar-refractivity contribution >= 4 is 29.5 Å². The molecule has 0 spiro atoms. The zero-order valence-electron chi connectivity index (χ0n) is 21.6. The zero-order chi connectivity index (χ0) is 28.2. The SMILES string of the molecule is C[C@@H]1CCC[N+]1(C(=O)NCc1cc(Cl)ccc1CN)C(=O)[C@H](O)[C@H](c1cccc(C(=O)O)c1)c1ccccn1. The van der Waals surface area contributed by atoms with Gasteiger partial charge in [-0.25, -0.2) is 14.4 Å². The van der Waals surface area contributed by atoms with Crippen molar-refractivity contribution in [3.63, 3.8) is 0 Å². The molecule has 0 radical (unpaired) electrons. The van der Waals surface area contributed by atoms with Crippen molar-refractivity contribution in [3.05, 3.63) is 99.8 Å². The van der Waals surface area contributed by atoms with Crippen LogP contribution >= 0.6 is 11.6 Å². The number of carboxylic acids is 1. The van der Waals surface area contributed by atoms with Gasteiger partial charge in [-0.15, -0.1) is 0 Å². The monoisotopic (exact) mass is 551 g/mol. The molecular formula is C29H32ClN4O5+. The van der Waals surface area contributed by atoms with Gasteiger partial charge in [0.2, 0.25) is 0 Å². The van der Waals surface area contributed by atoms with E-state index in [0.29, 0.717) is 29.1 Å². The van der Waals surface area contributed by atoms with E-state index in [1.54, 1.807) is 48.5 Å². The molecule has 4 atom stereocenters. The summed E-state index contributed by atoms with van der Waals surface area (Å²) in [5.41, 5.74) is 8.22. The molecule has 3 amide bonds. The second kappa shape index (κ2) is 12.0. The van der Waals surface area contributed by atoms with Gasteiger partial charge in [0.1, 0.15) is 6.04 Å². The number of nitrogens with one attached hydrogen (secondary N) is 1. The summed E-state index contributed by atoms with van der Waals surface area (Å²) in [6.45, 7) is 2.43. The summed E-state index contributed by atoms with van der Waals surface area (Å²) in [6, 6.07) is 15.5. The fraction of sp³-hybridized carbons (Fsp3) is 0.310. The minimum Gasteiger partial charge on any atom is -0.478 e. The number of likely N-dealkylation sites (tertiary alicyclic amines) is 1. The number of aromatic nitrogens is 1. The number of carboxylic acid groups (broad SMARTS) is 1. The molecule has 1 unspecified atom stereocenters. The molecule has 204 valence electrons. The van der Waals surface area contributed by atoms with Gasteiger partial charge in [0.15, 0.2) is 6.10 Å². The summed E-state index contributed by atoms with van der Waals surface area (Å²) in [5, 5.41) is 24.6. The van der Waals surface area contributed by atoms with Crippen LogP contribution in [0.2, 0.25) is 5.02 Å². The van der Waals surface area contributed by atoms with Crippen molar-refractivity contribution in [2.75, 3.05) is 6.54 Å². The van der Waals surface area contributed by atoms with Gasteiger partial charge in [-0.2, -0.15) is 4.48 Å². The average molecular weight is 552 g/mol. The highest BCUT2D eigenvalue weighted by Gasteiger charge is 2.56. The van der Waals surface area contributed by atoms with Gasteiger partial charge in [-0.05, 0) is 60.0 Å². The molecule has 9 nitrogen and oxygen atoms in total. The number of amides is 3. The average Bonchev–Trinajstić information content (AvgIpc) is 3.34. The molecule has 1 aliphatic heterocycles. The molecule has 0 bridgehead atoms. The number of pyridine rings is 1. The Labute approximate surface area is 231 Å². The maximum atomic E-state index is 14.2. The lowest BCUT2D eigenvalue weighted by Gasteiger charge is -2.36. The molecule has 1 aromatic heterocycles. The largest absolute Gasteiger partial charge is 0.478 e.